The number of benzene rings is 2. The molecule has 0 heterocycles. The molecule has 2 rings (SSSR count). The quantitative estimate of drug-likeness (QED) is 0.619. The number of rotatable bonds is 2. The Hall–Kier alpha value is -2.50. The van der Waals surface area contributed by atoms with Crippen molar-refractivity contribution in [3.63, 3.8) is 0 Å². The van der Waals surface area contributed by atoms with Crippen LogP contribution in [0.1, 0.15) is 11.1 Å². The zero-order chi connectivity index (χ0) is 19.6. The predicted molar refractivity (Wildman–Crippen MR) is 80.6 cm³/mol. The first-order valence-electron chi connectivity index (χ1n) is 7.15. The van der Waals surface area contributed by atoms with Gasteiger partial charge in [0, 0.05) is 11.1 Å². The number of hydrogen-bond donors (Lipinski definition) is 2. The minimum atomic E-state index is -5.40. The van der Waals surface area contributed by atoms with Crippen LogP contribution in [0.25, 0.3) is 0 Å². The third kappa shape index (κ3) is 3.54. The molecule has 2 N–H and O–H groups in total. The number of hydrogen-bond acceptors (Lipinski definition) is 2. The fraction of sp³-hybridized carbons (Fsp3) is 0.222. The minimum Gasteiger partial charge on any atom is -0.366 e. The molecule has 0 aliphatic heterocycles. The Balaban J connectivity index is 2.67. The molecule has 2 atom stereocenters. The van der Waals surface area contributed by atoms with Crippen molar-refractivity contribution in [3.05, 3.63) is 71.8 Å². The summed E-state index contributed by atoms with van der Waals surface area (Å²) in [5.74, 6) is 2.42. The average Bonchev–Trinajstić information content (AvgIpc) is 2.59. The van der Waals surface area contributed by atoms with Gasteiger partial charge in [-0.1, -0.05) is 60.7 Å². The second kappa shape index (κ2) is 6.67. The van der Waals surface area contributed by atoms with Gasteiger partial charge >= 0.3 is 12.4 Å². The molecule has 0 bridgehead atoms. The Labute approximate surface area is 144 Å². The van der Waals surface area contributed by atoms with Crippen molar-refractivity contribution in [3.8, 4) is 11.8 Å². The molecule has 2 nitrogen and oxygen atoms in total. The maximum absolute atomic E-state index is 13.3. The van der Waals surface area contributed by atoms with E-state index in [1.807, 2.05) is 0 Å². The topological polar surface area (TPSA) is 40.5 Å². The van der Waals surface area contributed by atoms with Gasteiger partial charge in [0.1, 0.15) is 0 Å². The van der Waals surface area contributed by atoms with Crippen LogP contribution in [0.3, 0.4) is 0 Å². The highest BCUT2D eigenvalue weighted by Gasteiger charge is 2.57. The molecule has 0 amide bonds. The van der Waals surface area contributed by atoms with Gasteiger partial charge in [-0.3, -0.25) is 0 Å². The van der Waals surface area contributed by atoms with Crippen LogP contribution in [0.5, 0.6) is 0 Å². The van der Waals surface area contributed by atoms with Gasteiger partial charge in [-0.25, -0.2) is 0 Å². The van der Waals surface area contributed by atoms with Gasteiger partial charge in [-0.2, -0.15) is 26.3 Å². The Morgan fingerprint density at radius 2 is 0.808 bits per heavy atom. The Bertz CT molecular complexity index is 737. The van der Waals surface area contributed by atoms with E-state index in [2.05, 4.69) is 0 Å². The SMILES string of the molecule is O[C@](C#C[C@](O)(c1ccccc1)C(F)(F)F)(c1ccccc1)C(F)(F)F. The fourth-order valence-corrected chi connectivity index (χ4v) is 2.15. The molecule has 0 aliphatic carbocycles. The third-order valence-electron chi connectivity index (χ3n) is 3.63. The number of halogens is 6. The van der Waals surface area contributed by atoms with Crippen LogP contribution in [0.15, 0.2) is 60.7 Å². The van der Waals surface area contributed by atoms with Gasteiger partial charge in [0.25, 0.3) is 0 Å². The average molecular weight is 374 g/mol. The molecule has 8 heteroatoms. The second-order valence-corrected chi connectivity index (χ2v) is 5.40. The summed E-state index contributed by atoms with van der Waals surface area (Å²) in [7, 11) is 0. The van der Waals surface area contributed by atoms with Crippen molar-refractivity contribution in [2.75, 3.05) is 0 Å². The summed E-state index contributed by atoms with van der Waals surface area (Å²) in [5.41, 5.74) is -9.31. The Kier molecular flexibility index (Phi) is 5.08. The van der Waals surface area contributed by atoms with Crippen LogP contribution in [-0.4, -0.2) is 22.6 Å². The van der Waals surface area contributed by atoms with E-state index >= 15 is 0 Å². The first kappa shape index (κ1) is 19.8. The van der Waals surface area contributed by atoms with Crippen molar-refractivity contribution < 1.29 is 36.6 Å². The summed E-state index contributed by atoms with van der Waals surface area (Å²) in [4.78, 5) is 0. The van der Waals surface area contributed by atoms with E-state index in [-0.39, 0.29) is 0 Å². The summed E-state index contributed by atoms with van der Waals surface area (Å²) in [5, 5.41) is 20.0. The summed E-state index contributed by atoms with van der Waals surface area (Å²) in [6.45, 7) is 0. The summed E-state index contributed by atoms with van der Waals surface area (Å²) < 4.78 is 80.1. The van der Waals surface area contributed by atoms with Gasteiger partial charge in [0.05, 0.1) is 0 Å². The zero-order valence-electron chi connectivity index (χ0n) is 12.9. The number of aliphatic hydroxyl groups is 2. The maximum atomic E-state index is 13.3. The molecule has 0 saturated heterocycles. The molecule has 2 aromatic rings. The lowest BCUT2D eigenvalue weighted by atomic mass is 9.89. The van der Waals surface area contributed by atoms with Crippen molar-refractivity contribution in [1.82, 2.24) is 0 Å². The van der Waals surface area contributed by atoms with E-state index in [9.17, 15) is 36.6 Å². The van der Waals surface area contributed by atoms with E-state index < -0.39 is 34.7 Å². The van der Waals surface area contributed by atoms with Gasteiger partial charge in [0.2, 0.25) is 11.2 Å². The van der Waals surface area contributed by atoms with E-state index in [4.69, 9.17) is 0 Å². The van der Waals surface area contributed by atoms with Crippen LogP contribution in [0.2, 0.25) is 0 Å². The van der Waals surface area contributed by atoms with E-state index in [1.54, 1.807) is 0 Å². The lowest BCUT2D eigenvalue weighted by Crippen LogP contribution is -2.44. The first-order valence-corrected chi connectivity index (χ1v) is 7.15. The molecule has 0 spiro atoms. The molecule has 0 radical (unpaired) electrons. The highest BCUT2D eigenvalue weighted by atomic mass is 19.4. The van der Waals surface area contributed by atoms with E-state index in [0.717, 1.165) is 24.3 Å². The molecule has 138 valence electrons. The van der Waals surface area contributed by atoms with Crippen molar-refractivity contribution in [2.24, 2.45) is 0 Å². The summed E-state index contributed by atoms with van der Waals surface area (Å²) in [6, 6.07) is 10.9. The normalized spacial score (nSPS) is 16.8. The molecular formula is C18H12F6O2. The van der Waals surface area contributed by atoms with E-state index in [1.165, 1.54) is 48.2 Å². The lowest BCUT2D eigenvalue weighted by Gasteiger charge is -2.28. The first-order chi connectivity index (χ1) is 11.9. The lowest BCUT2D eigenvalue weighted by molar-refractivity contribution is -0.246. The van der Waals surface area contributed by atoms with Crippen LogP contribution in [0, 0.1) is 11.8 Å². The van der Waals surface area contributed by atoms with Crippen molar-refractivity contribution >= 4 is 0 Å². The third-order valence-corrected chi connectivity index (χ3v) is 3.63. The van der Waals surface area contributed by atoms with E-state index in [0.29, 0.717) is 0 Å². The van der Waals surface area contributed by atoms with Crippen molar-refractivity contribution in [1.29, 1.82) is 0 Å². The Morgan fingerprint density at radius 3 is 1.04 bits per heavy atom. The van der Waals surface area contributed by atoms with Crippen LogP contribution < -0.4 is 0 Å². The highest BCUT2D eigenvalue weighted by molar-refractivity contribution is 5.40. The van der Waals surface area contributed by atoms with Crippen molar-refractivity contribution in [2.45, 2.75) is 23.6 Å². The van der Waals surface area contributed by atoms with Crippen LogP contribution in [-0.2, 0) is 11.2 Å². The molecule has 0 aliphatic rings. The minimum absolute atomic E-state index is 0.766. The maximum Gasteiger partial charge on any atom is 0.433 e. The molecule has 2 aromatic carbocycles. The van der Waals surface area contributed by atoms with Gasteiger partial charge in [-0.15, -0.1) is 0 Å². The molecule has 26 heavy (non-hydrogen) atoms. The molecule has 0 fully saturated rings. The molecule has 0 saturated carbocycles. The van der Waals surface area contributed by atoms with Crippen LogP contribution >= 0.6 is 0 Å². The van der Waals surface area contributed by atoms with Gasteiger partial charge in [0.15, 0.2) is 0 Å². The monoisotopic (exact) mass is 374 g/mol. The summed E-state index contributed by atoms with van der Waals surface area (Å²) in [6.07, 6.45) is -10.8. The second-order valence-electron chi connectivity index (χ2n) is 5.40. The number of alkyl halides is 6. The molecule has 0 aromatic heterocycles. The van der Waals surface area contributed by atoms with Crippen LogP contribution in [0.4, 0.5) is 26.3 Å². The highest BCUT2D eigenvalue weighted by Crippen LogP contribution is 2.41. The van der Waals surface area contributed by atoms with Gasteiger partial charge in [-0.05, 0) is 11.8 Å². The Morgan fingerprint density at radius 1 is 0.538 bits per heavy atom. The largest absolute Gasteiger partial charge is 0.433 e. The fourth-order valence-electron chi connectivity index (χ4n) is 2.15. The molecule has 0 unspecified atom stereocenters. The zero-order valence-corrected chi connectivity index (χ0v) is 12.9. The predicted octanol–water partition coefficient (Wildman–Crippen LogP) is 3.89. The standard InChI is InChI=1S/C18H12F6O2/c19-17(20,21)15(25,13-7-3-1-4-8-13)11-12-16(26,18(22,23)24)14-9-5-2-6-10-14/h1-10,25-26H/t15-,16+. The summed E-state index contributed by atoms with van der Waals surface area (Å²) >= 11 is 0. The molecular weight excluding hydrogens is 362 g/mol. The smallest absolute Gasteiger partial charge is 0.366 e. The van der Waals surface area contributed by atoms with Gasteiger partial charge < -0.3 is 10.2 Å².